The molecular formula is C15H20ClN3. The van der Waals surface area contributed by atoms with Crippen molar-refractivity contribution in [1.82, 2.24) is 15.1 Å². The van der Waals surface area contributed by atoms with Crippen molar-refractivity contribution in [2.24, 2.45) is 0 Å². The SMILES string of the molecule is CCCNCc1cc(Cl)ccc1-c1ccnn1CC. The van der Waals surface area contributed by atoms with Crippen LogP contribution in [0.25, 0.3) is 11.3 Å². The number of benzene rings is 1. The lowest BCUT2D eigenvalue weighted by molar-refractivity contribution is 0.660. The highest BCUT2D eigenvalue weighted by Gasteiger charge is 2.09. The molecule has 0 fully saturated rings. The monoisotopic (exact) mass is 277 g/mol. The molecule has 0 aliphatic carbocycles. The van der Waals surface area contributed by atoms with Crippen LogP contribution in [0.2, 0.25) is 5.02 Å². The molecule has 1 N–H and O–H groups in total. The average molecular weight is 278 g/mol. The topological polar surface area (TPSA) is 29.9 Å². The smallest absolute Gasteiger partial charge is 0.0685 e. The summed E-state index contributed by atoms with van der Waals surface area (Å²) in [6.45, 7) is 6.98. The average Bonchev–Trinajstić information content (AvgIpc) is 2.87. The van der Waals surface area contributed by atoms with Crippen molar-refractivity contribution in [2.45, 2.75) is 33.4 Å². The predicted molar refractivity (Wildman–Crippen MR) is 80.3 cm³/mol. The van der Waals surface area contributed by atoms with Crippen molar-refractivity contribution in [1.29, 1.82) is 0 Å². The van der Waals surface area contributed by atoms with Gasteiger partial charge in [-0.3, -0.25) is 4.68 Å². The van der Waals surface area contributed by atoms with Crippen molar-refractivity contribution >= 4 is 11.6 Å². The first-order valence-electron chi connectivity index (χ1n) is 6.77. The molecule has 0 aliphatic rings. The van der Waals surface area contributed by atoms with E-state index in [1.165, 1.54) is 11.1 Å². The molecule has 1 aromatic heterocycles. The number of hydrogen-bond donors (Lipinski definition) is 1. The quantitative estimate of drug-likeness (QED) is 0.816. The van der Waals surface area contributed by atoms with Gasteiger partial charge in [-0.25, -0.2) is 0 Å². The minimum Gasteiger partial charge on any atom is -0.313 e. The zero-order valence-electron chi connectivity index (χ0n) is 11.5. The van der Waals surface area contributed by atoms with E-state index in [0.29, 0.717) is 0 Å². The molecule has 0 amide bonds. The molecule has 1 aromatic carbocycles. The Morgan fingerprint density at radius 2 is 2.11 bits per heavy atom. The van der Waals surface area contributed by atoms with Crippen molar-refractivity contribution in [3.63, 3.8) is 0 Å². The number of rotatable bonds is 6. The molecule has 4 heteroatoms. The fraction of sp³-hybridized carbons (Fsp3) is 0.400. The molecular weight excluding hydrogens is 258 g/mol. The summed E-state index contributed by atoms with van der Waals surface area (Å²) in [5, 5.41) is 8.54. The number of aryl methyl sites for hydroxylation is 1. The molecule has 2 aromatic rings. The van der Waals surface area contributed by atoms with Crippen molar-refractivity contribution in [3.8, 4) is 11.3 Å². The van der Waals surface area contributed by atoms with Gasteiger partial charge >= 0.3 is 0 Å². The number of hydrogen-bond acceptors (Lipinski definition) is 2. The first-order chi connectivity index (χ1) is 9.26. The van der Waals surface area contributed by atoms with Gasteiger partial charge in [0.1, 0.15) is 0 Å². The highest BCUT2D eigenvalue weighted by molar-refractivity contribution is 6.30. The number of halogens is 1. The van der Waals surface area contributed by atoms with Crippen LogP contribution in [-0.2, 0) is 13.1 Å². The maximum atomic E-state index is 6.11. The van der Waals surface area contributed by atoms with Gasteiger partial charge in [0.05, 0.1) is 5.69 Å². The molecule has 0 saturated carbocycles. The van der Waals surface area contributed by atoms with Gasteiger partial charge in [-0.1, -0.05) is 24.6 Å². The van der Waals surface area contributed by atoms with Gasteiger partial charge in [-0.2, -0.15) is 5.10 Å². The fourth-order valence-corrected chi connectivity index (χ4v) is 2.37. The number of nitrogens with zero attached hydrogens (tertiary/aromatic N) is 2. The molecule has 0 unspecified atom stereocenters. The Bertz CT molecular complexity index is 534. The Labute approximate surface area is 119 Å². The highest BCUT2D eigenvalue weighted by atomic mass is 35.5. The third kappa shape index (κ3) is 3.37. The molecule has 2 rings (SSSR count). The molecule has 3 nitrogen and oxygen atoms in total. The van der Waals surface area contributed by atoms with Crippen LogP contribution < -0.4 is 5.32 Å². The summed E-state index contributed by atoms with van der Waals surface area (Å²) in [4.78, 5) is 0. The molecule has 0 atom stereocenters. The van der Waals surface area contributed by atoms with Gasteiger partial charge in [-0.15, -0.1) is 0 Å². The first-order valence-corrected chi connectivity index (χ1v) is 7.15. The number of nitrogens with one attached hydrogen (secondary N) is 1. The Kier molecular flexibility index (Phi) is 5.00. The third-order valence-electron chi connectivity index (χ3n) is 3.10. The second kappa shape index (κ2) is 6.73. The van der Waals surface area contributed by atoms with E-state index in [4.69, 9.17) is 11.6 Å². The Hall–Kier alpha value is -1.32. The molecule has 1 heterocycles. The molecule has 0 bridgehead atoms. The van der Waals surface area contributed by atoms with Crippen LogP contribution in [0.15, 0.2) is 30.5 Å². The Morgan fingerprint density at radius 1 is 1.26 bits per heavy atom. The van der Waals surface area contributed by atoms with Crippen molar-refractivity contribution < 1.29 is 0 Å². The second-order valence-corrected chi connectivity index (χ2v) is 4.95. The molecule has 19 heavy (non-hydrogen) atoms. The van der Waals surface area contributed by atoms with Crippen LogP contribution in [0.1, 0.15) is 25.8 Å². The summed E-state index contributed by atoms with van der Waals surface area (Å²) >= 11 is 6.11. The van der Waals surface area contributed by atoms with E-state index < -0.39 is 0 Å². The van der Waals surface area contributed by atoms with E-state index in [1.807, 2.05) is 23.0 Å². The van der Waals surface area contributed by atoms with Crippen molar-refractivity contribution in [3.05, 3.63) is 41.0 Å². The summed E-state index contributed by atoms with van der Waals surface area (Å²) in [6, 6.07) is 8.10. The summed E-state index contributed by atoms with van der Waals surface area (Å²) in [6.07, 6.45) is 2.97. The standard InChI is InChI=1S/C15H20ClN3/c1-3-8-17-11-12-10-13(16)5-6-14(12)15-7-9-18-19(15)4-2/h5-7,9-10,17H,3-4,8,11H2,1-2H3. The van der Waals surface area contributed by atoms with E-state index in [-0.39, 0.29) is 0 Å². The lowest BCUT2D eigenvalue weighted by atomic mass is 10.0. The predicted octanol–water partition coefficient (Wildman–Crippen LogP) is 3.72. The number of aromatic nitrogens is 2. The van der Waals surface area contributed by atoms with Gasteiger partial charge < -0.3 is 5.32 Å². The van der Waals surface area contributed by atoms with Crippen LogP contribution in [0.5, 0.6) is 0 Å². The molecule has 102 valence electrons. The zero-order valence-corrected chi connectivity index (χ0v) is 12.2. The maximum Gasteiger partial charge on any atom is 0.0685 e. The van der Waals surface area contributed by atoms with E-state index in [9.17, 15) is 0 Å². The van der Waals surface area contributed by atoms with Gasteiger partial charge in [0.15, 0.2) is 0 Å². The van der Waals surface area contributed by atoms with Gasteiger partial charge in [0, 0.05) is 29.9 Å². The molecule has 0 saturated heterocycles. The largest absolute Gasteiger partial charge is 0.313 e. The lowest BCUT2D eigenvalue weighted by Gasteiger charge is -2.12. The van der Waals surface area contributed by atoms with Crippen LogP contribution in [0, 0.1) is 0 Å². The van der Waals surface area contributed by atoms with E-state index >= 15 is 0 Å². The van der Waals surface area contributed by atoms with Crippen LogP contribution in [0.4, 0.5) is 0 Å². The van der Waals surface area contributed by atoms with Gasteiger partial charge in [0.25, 0.3) is 0 Å². The Balaban J connectivity index is 2.33. The summed E-state index contributed by atoms with van der Waals surface area (Å²) in [7, 11) is 0. The minimum absolute atomic E-state index is 0.777. The van der Waals surface area contributed by atoms with E-state index in [0.717, 1.165) is 36.8 Å². The Morgan fingerprint density at radius 3 is 2.84 bits per heavy atom. The van der Waals surface area contributed by atoms with Crippen LogP contribution >= 0.6 is 11.6 Å². The lowest BCUT2D eigenvalue weighted by Crippen LogP contribution is -2.15. The molecule has 0 radical (unpaired) electrons. The first kappa shape index (κ1) is 14.1. The normalized spacial score (nSPS) is 10.9. The fourth-order valence-electron chi connectivity index (χ4n) is 2.17. The second-order valence-electron chi connectivity index (χ2n) is 4.51. The summed E-state index contributed by atoms with van der Waals surface area (Å²) in [5.74, 6) is 0. The van der Waals surface area contributed by atoms with Crippen molar-refractivity contribution in [2.75, 3.05) is 6.54 Å². The molecule has 0 spiro atoms. The maximum absolute atomic E-state index is 6.11. The summed E-state index contributed by atoms with van der Waals surface area (Å²) in [5.41, 5.74) is 3.57. The highest BCUT2D eigenvalue weighted by Crippen LogP contribution is 2.26. The van der Waals surface area contributed by atoms with E-state index in [2.05, 4.69) is 36.4 Å². The zero-order chi connectivity index (χ0) is 13.7. The van der Waals surface area contributed by atoms with E-state index in [1.54, 1.807) is 0 Å². The summed E-state index contributed by atoms with van der Waals surface area (Å²) < 4.78 is 2.01. The van der Waals surface area contributed by atoms with Gasteiger partial charge in [-0.05, 0) is 43.7 Å². The third-order valence-corrected chi connectivity index (χ3v) is 3.34. The molecule has 0 aliphatic heterocycles. The van der Waals surface area contributed by atoms with Gasteiger partial charge in [0.2, 0.25) is 0 Å². The van der Waals surface area contributed by atoms with Crippen LogP contribution in [-0.4, -0.2) is 16.3 Å². The minimum atomic E-state index is 0.777. The van der Waals surface area contributed by atoms with Crippen LogP contribution in [0.3, 0.4) is 0 Å².